The van der Waals surface area contributed by atoms with Crippen molar-refractivity contribution in [2.24, 2.45) is 0 Å². The number of hydrogen-bond donors (Lipinski definition) is 0. The monoisotopic (exact) mass is 247 g/mol. The first-order valence-electron chi connectivity index (χ1n) is 6.55. The molecule has 0 saturated carbocycles. The second-order valence-electron chi connectivity index (χ2n) is 5.12. The van der Waals surface area contributed by atoms with Gasteiger partial charge in [-0.3, -0.25) is 0 Å². The van der Waals surface area contributed by atoms with Crippen molar-refractivity contribution in [3.63, 3.8) is 0 Å². The van der Waals surface area contributed by atoms with Gasteiger partial charge < -0.3 is 0 Å². The molecule has 0 bridgehead atoms. The summed E-state index contributed by atoms with van der Waals surface area (Å²) in [7, 11) is 0. The first kappa shape index (κ1) is 10.6. The van der Waals surface area contributed by atoms with Crippen LogP contribution in [0.5, 0.6) is 0 Å². The molecule has 2 aromatic heterocycles. The lowest BCUT2D eigenvalue weighted by Gasteiger charge is -2.11. The normalized spacial score (nSPS) is 14.3. The molecule has 0 fully saturated rings. The van der Waals surface area contributed by atoms with Crippen molar-refractivity contribution >= 4 is 22.1 Å². The van der Waals surface area contributed by atoms with Gasteiger partial charge in [-0.05, 0) is 12.5 Å². The highest BCUT2D eigenvalue weighted by atomic mass is 15.0. The molecular weight excluding hydrogens is 232 g/mol. The summed E-state index contributed by atoms with van der Waals surface area (Å²) in [6.45, 7) is 6.29. The zero-order valence-electron chi connectivity index (χ0n) is 10.9. The van der Waals surface area contributed by atoms with Gasteiger partial charge in [0, 0.05) is 5.39 Å². The van der Waals surface area contributed by atoms with Gasteiger partial charge in [0.25, 0.3) is 0 Å². The SMILES string of the molecule is C=[n+]1cc[n+]2c3ccccc3c3c([c-]12)=C(C)C=CC3. The van der Waals surface area contributed by atoms with Crippen LogP contribution in [0, 0.1) is 6.72 Å². The van der Waals surface area contributed by atoms with Crippen LogP contribution in [0.3, 0.4) is 0 Å². The third-order valence-corrected chi connectivity index (χ3v) is 3.99. The topological polar surface area (TPSA) is 10.0 Å². The van der Waals surface area contributed by atoms with Crippen LogP contribution in [-0.4, -0.2) is 0 Å². The van der Waals surface area contributed by atoms with E-state index in [1.807, 2.05) is 10.4 Å². The molecule has 0 radical (unpaired) electrons. The fraction of sp³-hybridized carbons (Fsp3) is 0.118. The summed E-state index contributed by atoms with van der Waals surface area (Å²) in [5.41, 5.74) is 5.16. The predicted molar refractivity (Wildman–Crippen MR) is 75.2 cm³/mol. The minimum Gasteiger partial charge on any atom is -0.186 e. The van der Waals surface area contributed by atoms with Gasteiger partial charge in [0.15, 0.2) is 17.9 Å². The molecule has 92 valence electrons. The zero-order valence-corrected chi connectivity index (χ0v) is 10.9. The highest BCUT2D eigenvalue weighted by molar-refractivity contribution is 5.83. The van der Waals surface area contributed by atoms with Crippen LogP contribution in [-0.2, 0) is 6.42 Å². The first-order chi connectivity index (χ1) is 9.27. The van der Waals surface area contributed by atoms with Gasteiger partial charge in [0.1, 0.15) is 6.72 Å². The van der Waals surface area contributed by atoms with Crippen LogP contribution >= 0.6 is 0 Å². The molecule has 2 nitrogen and oxygen atoms in total. The Kier molecular flexibility index (Phi) is 1.99. The summed E-state index contributed by atoms with van der Waals surface area (Å²) in [4.78, 5) is 0. The van der Waals surface area contributed by atoms with E-state index in [9.17, 15) is 0 Å². The van der Waals surface area contributed by atoms with Crippen LogP contribution in [0.2, 0.25) is 0 Å². The molecule has 19 heavy (non-hydrogen) atoms. The maximum Gasteiger partial charge on any atom is 0.397 e. The number of imidazole rings is 1. The van der Waals surface area contributed by atoms with E-state index < -0.39 is 0 Å². The van der Waals surface area contributed by atoms with Crippen LogP contribution in [0.1, 0.15) is 12.5 Å². The molecule has 2 heteroatoms. The number of para-hydroxylation sites is 1. The Bertz CT molecular complexity index is 958. The van der Waals surface area contributed by atoms with Gasteiger partial charge in [-0.25, -0.2) is 0 Å². The van der Waals surface area contributed by atoms with E-state index in [2.05, 4.69) is 60.7 Å². The average Bonchev–Trinajstić information content (AvgIpc) is 2.82. The Balaban J connectivity index is 2.49. The van der Waals surface area contributed by atoms with E-state index in [1.165, 1.54) is 32.9 Å². The van der Waals surface area contributed by atoms with E-state index in [0.29, 0.717) is 0 Å². The Morgan fingerprint density at radius 3 is 2.95 bits per heavy atom. The van der Waals surface area contributed by atoms with Gasteiger partial charge >= 0.3 is 5.65 Å². The van der Waals surface area contributed by atoms with Crippen molar-refractivity contribution in [3.8, 4) is 0 Å². The number of rotatable bonds is 0. The van der Waals surface area contributed by atoms with E-state index in [1.54, 1.807) is 0 Å². The van der Waals surface area contributed by atoms with Crippen LogP contribution < -0.4 is 13.9 Å². The van der Waals surface area contributed by atoms with Crippen molar-refractivity contribution < 1.29 is 8.64 Å². The fourth-order valence-corrected chi connectivity index (χ4v) is 3.16. The Labute approximate surface area is 111 Å². The largest absolute Gasteiger partial charge is 0.397 e. The minimum absolute atomic E-state index is 0.995. The molecule has 2 heterocycles. The molecule has 1 aromatic carbocycles. The predicted octanol–water partition coefficient (Wildman–Crippen LogP) is 1.51. The molecule has 3 aromatic rings. The molecule has 4 rings (SSSR count). The maximum atomic E-state index is 4.12. The van der Waals surface area contributed by atoms with Crippen LogP contribution in [0.4, 0.5) is 0 Å². The quantitative estimate of drug-likeness (QED) is 0.421. The summed E-state index contributed by atoms with van der Waals surface area (Å²) in [6, 6.07) is 8.60. The summed E-state index contributed by atoms with van der Waals surface area (Å²) in [6.07, 6.45) is 9.57. The molecule has 1 aliphatic rings. The summed E-state index contributed by atoms with van der Waals surface area (Å²) >= 11 is 0. The van der Waals surface area contributed by atoms with Crippen molar-refractivity contribution in [2.75, 3.05) is 0 Å². The molecular formula is C17H15N2+. The fourth-order valence-electron chi connectivity index (χ4n) is 3.16. The standard InChI is InChI=1S/C17H15N2/c1-12-6-5-8-14-13-7-3-4-9-15(13)19-11-10-18(2)17(19)16(12)14/h3-7,9-11H,2,8H2,1H3/q+1. The number of benzene rings is 1. The third-order valence-electron chi connectivity index (χ3n) is 3.99. The van der Waals surface area contributed by atoms with Gasteiger partial charge in [-0.2, -0.15) is 8.64 Å². The van der Waals surface area contributed by atoms with E-state index >= 15 is 0 Å². The lowest BCUT2D eigenvalue weighted by atomic mass is 9.96. The molecule has 0 N–H and O–H groups in total. The van der Waals surface area contributed by atoms with E-state index in [4.69, 9.17) is 0 Å². The van der Waals surface area contributed by atoms with Crippen molar-refractivity contribution in [1.82, 2.24) is 0 Å². The number of aromatic nitrogens is 2. The Morgan fingerprint density at radius 2 is 2.05 bits per heavy atom. The van der Waals surface area contributed by atoms with E-state index in [-0.39, 0.29) is 0 Å². The zero-order chi connectivity index (χ0) is 13.0. The smallest absolute Gasteiger partial charge is 0.186 e. The van der Waals surface area contributed by atoms with E-state index in [0.717, 1.165) is 6.42 Å². The second-order valence-corrected chi connectivity index (χ2v) is 5.12. The number of pyridine rings is 1. The summed E-state index contributed by atoms with van der Waals surface area (Å²) in [5, 5.41) is 2.67. The number of hydrogen-bond acceptors (Lipinski definition) is 0. The third kappa shape index (κ3) is 1.28. The van der Waals surface area contributed by atoms with Crippen molar-refractivity contribution in [1.29, 1.82) is 0 Å². The second kappa shape index (κ2) is 3.58. The molecule has 0 spiro atoms. The number of nitrogens with zero attached hydrogens (tertiary/aromatic N) is 2. The molecule has 0 unspecified atom stereocenters. The highest BCUT2D eigenvalue weighted by Gasteiger charge is 2.19. The molecule has 0 aliphatic heterocycles. The number of fused-ring (bicyclic) bond motifs is 6. The Hall–Kier alpha value is -2.35. The summed E-state index contributed by atoms with van der Waals surface area (Å²) in [5.74, 6) is 0. The maximum absolute atomic E-state index is 4.12. The van der Waals surface area contributed by atoms with Gasteiger partial charge in [0.2, 0.25) is 0 Å². The van der Waals surface area contributed by atoms with Gasteiger partial charge in [-0.15, -0.1) is 0 Å². The van der Waals surface area contributed by atoms with Crippen LogP contribution in [0.15, 0.2) is 48.8 Å². The lowest BCUT2D eigenvalue weighted by Crippen LogP contribution is -2.36. The molecule has 1 aliphatic carbocycles. The summed E-state index contributed by atoms with van der Waals surface area (Å²) < 4.78 is 4.21. The molecule has 0 atom stereocenters. The first-order valence-corrected chi connectivity index (χ1v) is 6.55. The average molecular weight is 247 g/mol. The minimum atomic E-state index is 0.995. The molecule has 0 saturated heterocycles. The number of allylic oxidation sites excluding steroid dienone is 2. The Morgan fingerprint density at radius 1 is 1.21 bits per heavy atom. The lowest BCUT2D eigenvalue weighted by molar-refractivity contribution is -0.562. The van der Waals surface area contributed by atoms with Crippen molar-refractivity contribution in [2.45, 2.75) is 13.3 Å². The van der Waals surface area contributed by atoms with Gasteiger partial charge in [-0.1, -0.05) is 48.4 Å². The van der Waals surface area contributed by atoms with Gasteiger partial charge in [0.05, 0.1) is 5.22 Å². The molecule has 0 amide bonds. The van der Waals surface area contributed by atoms with Crippen LogP contribution in [0.25, 0.3) is 22.1 Å². The van der Waals surface area contributed by atoms with Crippen molar-refractivity contribution in [3.05, 3.63) is 66.3 Å². The highest BCUT2D eigenvalue weighted by Crippen LogP contribution is 2.17.